The van der Waals surface area contributed by atoms with Gasteiger partial charge in [-0.25, -0.2) is 0 Å². The van der Waals surface area contributed by atoms with Gasteiger partial charge in [-0.1, -0.05) is 0 Å². The third kappa shape index (κ3) is 2.08. The normalized spacial score (nSPS) is 27.6. The minimum Gasteiger partial charge on any atom is -0.490 e. The predicted octanol–water partition coefficient (Wildman–Crippen LogP) is 0.810. The summed E-state index contributed by atoms with van der Waals surface area (Å²) in [4.78, 5) is 22.1. The van der Waals surface area contributed by atoms with Crippen LogP contribution in [0.25, 0.3) is 0 Å². The van der Waals surface area contributed by atoms with Crippen molar-refractivity contribution < 1.29 is 19.1 Å². The molecule has 0 aromatic heterocycles. The molecule has 0 fully saturated rings. The van der Waals surface area contributed by atoms with Crippen LogP contribution < -0.4 is 0 Å². The third-order valence-corrected chi connectivity index (χ3v) is 1.81. The molecule has 0 saturated carbocycles. The van der Waals surface area contributed by atoms with E-state index in [-0.39, 0.29) is 5.78 Å². The van der Waals surface area contributed by atoms with E-state index in [2.05, 4.69) is 0 Å². The molecule has 2 unspecified atom stereocenters. The highest BCUT2D eigenvalue weighted by Gasteiger charge is 2.32. The van der Waals surface area contributed by atoms with E-state index >= 15 is 0 Å². The van der Waals surface area contributed by atoms with Crippen LogP contribution in [0, 0.1) is 0 Å². The second kappa shape index (κ2) is 3.60. The molecule has 0 spiro atoms. The first-order chi connectivity index (χ1) is 6.02. The number of ether oxygens (including phenoxy) is 2. The Bertz CT molecular complexity index is 267. The molecule has 0 amide bonds. The van der Waals surface area contributed by atoms with Crippen molar-refractivity contribution in [1.82, 2.24) is 0 Å². The monoisotopic (exact) mass is 184 g/mol. The van der Waals surface area contributed by atoms with E-state index in [1.165, 1.54) is 13.2 Å². The van der Waals surface area contributed by atoms with Crippen molar-refractivity contribution in [1.29, 1.82) is 0 Å². The first-order valence-corrected chi connectivity index (χ1v) is 4.05. The van der Waals surface area contributed by atoms with Gasteiger partial charge in [0.25, 0.3) is 0 Å². The van der Waals surface area contributed by atoms with Crippen LogP contribution in [0.3, 0.4) is 0 Å². The highest BCUT2D eigenvalue weighted by Crippen LogP contribution is 2.17. The average Bonchev–Trinajstić information content (AvgIpc) is 2.05. The van der Waals surface area contributed by atoms with E-state index in [1.54, 1.807) is 13.8 Å². The maximum Gasteiger partial charge on any atom is 0.303 e. The zero-order valence-corrected chi connectivity index (χ0v) is 7.87. The number of Topliss-reactive ketones (excluding diaryl/α,β-unsaturated/α-hetero) is 1. The molecule has 1 rings (SSSR count). The number of esters is 1. The van der Waals surface area contributed by atoms with Crippen molar-refractivity contribution in [3.05, 3.63) is 11.8 Å². The molecule has 0 aromatic rings. The summed E-state index contributed by atoms with van der Waals surface area (Å²) >= 11 is 0. The third-order valence-electron chi connectivity index (χ3n) is 1.81. The summed E-state index contributed by atoms with van der Waals surface area (Å²) in [5.74, 6) is -0.671. The molecule has 0 saturated heterocycles. The molecule has 1 aliphatic rings. The quantitative estimate of drug-likeness (QED) is 0.566. The Labute approximate surface area is 76.5 Å². The van der Waals surface area contributed by atoms with E-state index in [0.717, 1.165) is 0 Å². The Morgan fingerprint density at radius 3 is 2.77 bits per heavy atom. The molecular formula is C9H12O4. The molecule has 1 aliphatic heterocycles. The highest BCUT2D eigenvalue weighted by molar-refractivity contribution is 5.92. The second-order valence-electron chi connectivity index (χ2n) is 3.03. The van der Waals surface area contributed by atoms with E-state index < -0.39 is 18.2 Å². The Morgan fingerprint density at radius 1 is 1.62 bits per heavy atom. The molecule has 72 valence electrons. The SMILES string of the molecule is CC(=O)OC1C(=O)C(C)OC=C1C. The number of carbonyl (C=O) groups excluding carboxylic acids is 2. The fraction of sp³-hybridized carbons (Fsp3) is 0.556. The summed E-state index contributed by atoms with van der Waals surface area (Å²) in [6.45, 7) is 4.60. The Kier molecular flexibility index (Phi) is 2.70. The fourth-order valence-electron chi connectivity index (χ4n) is 1.09. The Hall–Kier alpha value is -1.32. The van der Waals surface area contributed by atoms with Crippen molar-refractivity contribution in [2.24, 2.45) is 0 Å². The molecular weight excluding hydrogens is 172 g/mol. The number of hydrogen-bond donors (Lipinski definition) is 0. The Balaban J connectivity index is 2.79. The van der Waals surface area contributed by atoms with Gasteiger partial charge in [0.1, 0.15) is 0 Å². The maximum atomic E-state index is 11.4. The maximum absolute atomic E-state index is 11.4. The summed E-state index contributed by atoms with van der Waals surface area (Å²) in [6.07, 6.45) is 0.161. The van der Waals surface area contributed by atoms with Crippen LogP contribution in [-0.4, -0.2) is 24.0 Å². The lowest BCUT2D eigenvalue weighted by atomic mass is 10.0. The topological polar surface area (TPSA) is 52.6 Å². The zero-order valence-electron chi connectivity index (χ0n) is 7.87. The van der Waals surface area contributed by atoms with Crippen LogP contribution >= 0.6 is 0 Å². The fourth-order valence-corrected chi connectivity index (χ4v) is 1.09. The molecule has 0 aromatic carbocycles. The number of hydrogen-bond acceptors (Lipinski definition) is 4. The molecule has 13 heavy (non-hydrogen) atoms. The molecule has 0 aliphatic carbocycles. The van der Waals surface area contributed by atoms with Crippen LogP contribution in [0.5, 0.6) is 0 Å². The van der Waals surface area contributed by atoms with Crippen LogP contribution in [0.2, 0.25) is 0 Å². The molecule has 0 N–H and O–H groups in total. The summed E-state index contributed by atoms with van der Waals surface area (Å²) in [5, 5.41) is 0. The lowest BCUT2D eigenvalue weighted by Crippen LogP contribution is -2.38. The van der Waals surface area contributed by atoms with E-state index in [1.807, 2.05) is 0 Å². The van der Waals surface area contributed by atoms with Crippen LogP contribution in [0.1, 0.15) is 20.8 Å². The van der Waals surface area contributed by atoms with Gasteiger partial charge >= 0.3 is 5.97 Å². The van der Waals surface area contributed by atoms with Gasteiger partial charge in [-0.3, -0.25) is 9.59 Å². The van der Waals surface area contributed by atoms with Gasteiger partial charge in [0.05, 0.1) is 6.26 Å². The van der Waals surface area contributed by atoms with Crippen LogP contribution in [0.4, 0.5) is 0 Å². The first-order valence-electron chi connectivity index (χ1n) is 4.05. The largest absolute Gasteiger partial charge is 0.490 e. The lowest BCUT2D eigenvalue weighted by Gasteiger charge is -2.24. The van der Waals surface area contributed by atoms with Crippen LogP contribution in [0.15, 0.2) is 11.8 Å². The minimum absolute atomic E-state index is 0.213. The molecule has 1 heterocycles. The second-order valence-corrected chi connectivity index (χ2v) is 3.03. The van der Waals surface area contributed by atoms with Gasteiger partial charge in [-0.05, 0) is 13.8 Å². The molecule has 4 nitrogen and oxygen atoms in total. The van der Waals surface area contributed by atoms with Gasteiger partial charge in [0, 0.05) is 12.5 Å². The van der Waals surface area contributed by atoms with Crippen molar-refractivity contribution in [2.75, 3.05) is 0 Å². The molecule has 0 radical (unpaired) electrons. The minimum atomic E-state index is -0.763. The molecule has 4 heteroatoms. The van der Waals surface area contributed by atoms with Crippen LogP contribution in [-0.2, 0) is 19.1 Å². The summed E-state index contributed by atoms with van der Waals surface area (Å²) in [7, 11) is 0. The van der Waals surface area contributed by atoms with Crippen molar-refractivity contribution in [2.45, 2.75) is 33.0 Å². The first kappa shape index (κ1) is 9.77. The number of ketones is 1. The van der Waals surface area contributed by atoms with Crippen molar-refractivity contribution >= 4 is 11.8 Å². The van der Waals surface area contributed by atoms with Crippen molar-refractivity contribution in [3.8, 4) is 0 Å². The summed E-state index contributed by atoms with van der Waals surface area (Å²) in [5.41, 5.74) is 0.623. The zero-order chi connectivity index (χ0) is 10.0. The predicted molar refractivity (Wildman–Crippen MR) is 44.9 cm³/mol. The molecule has 0 bridgehead atoms. The number of rotatable bonds is 1. The van der Waals surface area contributed by atoms with E-state index in [4.69, 9.17) is 9.47 Å². The van der Waals surface area contributed by atoms with Gasteiger partial charge in [-0.2, -0.15) is 0 Å². The smallest absolute Gasteiger partial charge is 0.303 e. The van der Waals surface area contributed by atoms with Gasteiger partial charge in [-0.15, -0.1) is 0 Å². The Morgan fingerprint density at radius 2 is 2.23 bits per heavy atom. The van der Waals surface area contributed by atoms with Gasteiger partial charge in [0.15, 0.2) is 12.2 Å². The standard InChI is InChI=1S/C9H12O4/c1-5-4-12-6(2)8(11)9(5)13-7(3)10/h4,6,9H,1-3H3. The lowest BCUT2D eigenvalue weighted by molar-refractivity contribution is -0.155. The van der Waals surface area contributed by atoms with Gasteiger partial charge in [0.2, 0.25) is 5.78 Å². The van der Waals surface area contributed by atoms with Gasteiger partial charge < -0.3 is 9.47 Å². The summed E-state index contributed by atoms with van der Waals surface area (Å²) in [6, 6.07) is 0. The van der Waals surface area contributed by atoms with E-state index in [9.17, 15) is 9.59 Å². The molecule has 2 atom stereocenters. The van der Waals surface area contributed by atoms with E-state index in [0.29, 0.717) is 5.57 Å². The van der Waals surface area contributed by atoms with Crippen molar-refractivity contribution in [3.63, 3.8) is 0 Å². The number of carbonyl (C=O) groups is 2. The highest BCUT2D eigenvalue weighted by atomic mass is 16.6. The summed E-state index contributed by atoms with van der Waals surface area (Å²) < 4.78 is 9.86. The average molecular weight is 184 g/mol.